The van der Waals surface area contributed by atoms with Gasteiger partial charge in [-0.05, 0) is 20.9 Å². The molecule has 1 fully saturated rings. The van der Waals surface area contributed by atoms with Crippen molar-refractivity contribution >= 4 is 0 Å². The van der Waals surface area contributed by atoms with Gasteiger partial charge in [-0.3, -0.25) is 4.90 Å². The first-order valence-corrected chi connectivity index (χ1v) is 5.11. The van der Waals surface area contributed by atoms with Gasteiger partial charge in [0.25, 0.3) is 0 Å². The smallest absolute Gasteiger partial charge is 0.120 e. The molecular weight excluding hydrogens is 176 g/mol. The Balaban J connectivity index is 2.28. The molecule has 0 aromatic carbocycles. The molecule has 0 saturated carbocycles. The summed E-state index contributed by atoms with van der Waals surface area (Å²) in [6, 6.07) is 0. The molecule has 80 valence electrons. The van der Waals surface area contributed by atoms with Gasteiger partial charge in [0.05, 0.1) is 6.54 Å². The van der Waals surface area contributed by atoms with Gasteiger partial charge in [0.15, 0.2) is 0 Å². The molecule has 0 radical (unpaired) electrons. The van der Waals surface area contributed by atoms with E-state index in [4.69, 9.17) is 0 Å². The maximum atomic E-state index is 9.39. The molecular formula is C11H20N2O. The average Bonchev–Trinajstić information content (AvgIpc) is 2.06. The molecule has 1 heterocycles. The van der Waals surface area contributed by atoms with Crippen molar-refractivity contribution < 1.29 is 5.11 Å². The Bertz CT molecular complexity index is 226. The van der Waals surface area contributed by atoms with Crippen LogP contribution < -0.4 is 0 Å². The summed E-state index contributed by atoms with van der Waals surface area (Å²) < 4.78 is 0. The van der Waals surface area contributed by atoms with Crippen LogP contribution in [-0.2, 0) is 0 Å². The Morgan fingerprint density at radius 3 is 2.29 bits per heavy atom. The number of piperazine rings is 1. The third kappa shape index (κ3) is 4.61. The normalized spacial score (nSPS) is 20.3. The van der Waals surface area contributed by atoms with E-state index in [2.05, 4.69) is 28.7 Å². The quantitative estimate of drug-likeness (QED) is 0.598. The highest BCUT2D eigenvalue weighted by atomic mass is 16.3. The van der Waals surface area contributed by atoms with Crippen LogP contribution in [0.25, 0.3) is 0 Å². The highest BCUT2D eigenvalue weighted by Crippen LogP contribution is 1.99. The van der Waals surface area contributed by atoms with Crippen molar-refractivity contribution in [1.29, 1.82) is 0 Å². The zero-order valence-corrected chi connectivity index (χ0v) is 9.38. The molecule has 14 heavy (non-hydrogen) atoms. The van der Waals surface area contributed by atoms with Gasteiger partial charge in [0.2, 0.25) is 0 Å². The summed E-state index contributed by atoms with van der Waals surface area (Å²) in [6.07, 6.45) is 0. The van der Waals surface area contributed by atoms with E-state index in [1.165, 1.54) is 0 Å². The minimum atomic E-state index is -0.855. The van der Waals surface area contributed by atoms with E-state index >= 15 is 0 Å². The molecule has 0 spiro atoms. The molecule has 0 aliphatic carbocycles. The van der Waals surface area contributed by atoms with Crippen LogP contribution in [0.2, 0.25) is 0 Å². The molecule has 0 amide bonds. The fourth-order valence-corrected chi connectivity index (χ4v) is 1.37. The zero-order chi connectivity index (χ0) is 10.6. The summed E-state index contributed by atoms with van der Waals surface area (Å²) in [6.45, 7) is 8.59. The SMILES string of the molecule is CN1CCN(CC#CC(C)(C)O)CC1. The second kappa shape index (κ2) is 4.79. The van der Waals surface area contributed by atoms with Gasteiger partial charge in [-0.15, -0.1) is 0 Å². The standard InChI is InChI=1S/C11H20N2O/c1-11(2,14)5-4-6-13-9-7-12(3)8-10-13/h14H,6-10H2,1-3H3. The number of rotatable bonds is 1. The van der Waals surface area contributed by atoms with Crippen LogP contribution in [0.5, 0.6) is 0 Å². The lowest BCUT2D eigenvalue weighted by Crippen LogP contribution is -2.44. The molecule has 3 heteroatoms. The first-order chi connectivity index (χ1) is 6.47. The fourth-order valence-electron chi connectivity index (χ4n) is 1.37. The summed E-state index contributed by atoms with van der Waals surface area (Å²) in [5.74, 6) is 5.85. The first kappa shape index (κ1) is 11.5. The molecule has 1 saturated heterocycles. The predicted octanol–water partition coefficient (Wildman–Crippen LogP) is 0.00810. The lowest BCUT2D eigenvalue weighted by molar-refractivity contribution is 0.142. The third-order valence-corrected chi connectivity index (χ3v) is 2.29. The van der Waals surface area contributed by atoms with Gasteiger partial charge in [0, 0.05) is 26.2 Å². The van der Waals surface area contributed by atoms with Crippen molar-refractivity contribution in [2.45, 2.75) is 19.4 Å². The Morgan fingerprint density at radius 1 is 1.21 bits per heavy atom. The lowest BCUT2D eigenvalue weighted by atomic mass is 10.1. The largest absolute Gasteiger partial charge is 0.378 e. The summed E-state index contributed by atoms with van der Waals surface area (Å²) >= 11 is 0. The molecule has 0 unspecified atom stereocenters. The van der Waals surface area contributed by atoms with Crippen molar-refractivity contribution in [3.63, 3.8) is 0 Å². The van der Waals surface area contributed by atoms with Gasteiger partial charge < -0.3 is 10.0 Å². The molecule has 1 aliphatic heterocycles. The molecule has 0 atom stereocenters. The third-order valence-electron chi connectivity index (χ3n) is 2.29. The van der Waals surface area contributed by atoms with Gasteiger partial charge in [0.1, 0.15) is 5.60 Å². The second-order valence-electron chi connectivity index (χ2n) is 4.44. The molecule has 0 bridgehead atoms. The number of hydrogen-bond donors (Lipinski definition) is 1. The van der Waals surface area contributed by atoms with E-state index < -0.39 is 5.60 Å². The minimum absolute atomic E-state index is 0.776. The fraction of sp³-hybridized carbons (Fsp3) is 0.818. The molecule has 3 nitrogen and oxygen atoms in total. The van der Waals surface area contributed by atoms with Crippen LogP contribution in [0.1, 0.15) is 13.8 Å². The summed E-state index contributed by atoms with van der Waals surface area (Å²) in [5.41, 5.74) is -0.855. The maximum absolute atomic E-state index is 9.39. The van der Waals surface area contributed by atoms with Crippen molar-refractivity contribution in [1.82, 2.24) is 9.80 Å². The highest BCUT2D eigenvalue weighted by Gasteiger charge is 2.12. The summed E-state index contributed by atoms with van der Waals surface area (Å²) in [4.78, 5) is 4.64. The monoisotopic (exact) mass is 196 g/mol. The van der Waals surface area contributed by atoms with Gasteiger partial charge in [-0.1, -0.05) is 11.8 Å². The number of likely N-dealkylation sites (N-methyl/N-ethyl adjacent to an activating group) is 1. The predicted molar refractivity (Wildman–Crippen MR) is 58.0 cm³/mol. The number of nitrogens with zero attached hydrogens (tertiary/aromatic N) is 2. The molecule has 1 aliphatic rings. The zero-order valence-electron chi connectivity index (χ0n) is 9.38. The van der Waals surface area contributed by atoms with Crippen LogP contribution in [0.3, 0.4) is 0 Å². The minimum Gasteiger partial charge on any atom is -0.378 e. The van der Waals surface area contributed by atoms with E-state index in [0.717, 1.165) is 32.7 Å². The van der Waals surface area contributed by atoms with E-state index in [-0.39, 0.29) is 0 Å². The van der Waals surface area contributed by atoms with E-state index in [1.54, 1.807) is 13.8 Å². The van der Waals surface area contributed by atoms with Crippen LogP contribution in [-0.4, -0.2) is 60.3 Å². The Morgan fingerprint density at radius 2 is 1.79 bits per heavy atom. The molecule has 1 rings (SSSR count). The molecule has 0 aromatic rings. The summed E-state index contributed by atoms with van der Waals surface area (Å²) in [7, 11) is 2.14. The van der Waals surface area contributed by atoms with Crippen molar-refractivity contribution in [2.75, 3.05) is 39.8 Å². The van der Waals surface area contributed by atoms with Gasteiger partial charge >= 0.3 is 0 Å². The number of hydrogen-bond acceptors (Lipinski definition) is 3. The highest BCUT2D eigenvalue weighted by molar-refractivity contribution is 5.11. The maximum Gasteiger partial charge on any atom is 0.120 e. The van der Waals surface area contributed by atoms with Gasteiger partial charge in [-0.2, -0.15) is 0 Å². The Hall–Kier alpha value is -0.560. The first-order valence-electron chi connectivity index (χ1n) is 5.11. The van der Waals surface area contributed by atoms with Crippen LogP contribution >= 0.6 is 0 Å². The van der Waals surface area contributed by atoms with Crippen molar-refractivity contribution in [3.05, 3.63) is 0 Å². The second-order valence-corrected chi connectivity index (χ2v) is 4.44. The van der Waals surface area contributed by atoms with Crippen molar-refractivity contribution in [2.24, 2.45) is 0 Å². The Labute approximate surface area is 86.7 Å². The molecule has 1 N–H and O–H groups in total. The average molecular weight is 196 g/mol. The van der Waals surface area contributed by atoms with Crippen LogP contribution in [0.15, 0.2) is 0 Å². The lowest BCUT2D eigenvalue weighted by Gasteiger charge is -2.30. The van der Waals surface area contributed by atoms with E-state index in [9.17, 15) is 5.11 Å². The topological polar surface area (TPSA) is 26.7 Å². The van der Waals surface area contributed by atoms with Gasteiger partial charge in [-0.25, -0.2) is 0 Å². The van der Waals surface area contributed by atoms with E-state index in [0.29, 0.717) is 0 Å². The van der Waals surface area contributed by atoms with Crippen molar-refractivity contribution in [3.8, 4) is 11.8 Å². The number of aliphatic hydroxyl groups is 1. The summed E-state index contributed by atoms with van der Waals surface area (Å²) in [5, 5.41) is 9.39. The molecule has 0 aromatic heterocycles. The van der Waals surface area contributed by atoms with E-state index in [1.807, 2.05) is 0 Å². The Kier molecular flexibility index (Phi) is 3.94. The van der Waals surface area contributed by atoms with Crippen LogP contribution in [0.4, 0.5) is 0 Å². The van der Waals surface area contributed by atoms with Crippen LogP contribution in [0, 0.1) is 11.8 Å².